The van der Waals surface area contributed by atoms with Crippen LogP contribution in [0.25, 0.3) is 0 Å². The molecule has 0 saturated heterocycles. The van der Waals surface area contributed by atoms with Crippen LogP contribution in [-0.4, -0.2) is 23.3 Å². The molecule has 1 aliphatic rings. The molecule has 0 spiro atoms. The first-order valence-corrected chi connectivity index (χ1v) is 9.83. The van der Waals surface area contributed by atoms with Crippen LogP contribution in [0.1, 0.15) is 54.7 Å². The van der Waals surface area contributed by atoms with Crippen molar-refractivity contribution in [2.24, 2.45) is 0 Å². The van der Waals surface area contributed by atoms with E-state index in [9.17, 15) is 4.79 Å². The van der Waals surface area contributed by atoms with Gasteiger partial charge in [0.25, 0.3) is 0 Å². The standard InChI is InChI=1S/C22H26N2O3S/c1-5-26-20(25)15-11-10-14(2)17(12-15)23-21(28)24-18-13-22(3,4)27-19-9-7-6-8-16(18)19/h6-12,18H,5,13H2,1-4H3,(H2,23,24,28)/t18-/m1/s1. The molecule has 2 aromatic carbocycles. The third kappa shape index (κ3) is 4.62. The molecule has 0 aliphatic carbocycles. The van der Waals surface area contributed by atoms with E-state index < -0.39 is 0 Å². The van der Waals surface area contributed by atoms with Crippen LogP contribution in [0.5, 0.6) is 5.75 Å². The van der Waals surface area contributed by atoms with E-state index in [1.54, 1.807) is 19.1 Å². The lowest BCUT2D eigenvalue weighted by atomic mass is 9.90. The van der Waals surface area contributed by atoms with Crippen molar-refractivity contribution in [1.82, 2.24) is 5.32 Å². The fraction of sp³-hybridized carbons (Fsp3) is 0.364. The molecule has 0 radical (unpaired) electrons. The van der Waals surface area contributed by atoms with Gasteiger partial charge in [0.1, 0.15) is 11.4 Å². The number of benzene rings is 2. The number of ether oxygens (including phenoxy) is 2. The van der Waals surface area contributed by atoms with Crippen molar-refractivity contribution in [3.05, 3.63) is 59.2 Å². The number of hydrogen-bond acceptors (Lipinski definition) is 4. The second-order valence-electron chi connectivity index (χ2n) is 7.50. The SMILES string of the molecule is CCOC(=O)c1ccc(C)c(NC(=S)N[C@@H]2CC(C)(C)Oc3ccccc32)c1. The minimum Gasteiger partial charge on any atom is -0.487 e. The summed E-state index contributed by atoms with van der Waals surface area (Å²) in [4.78, 5) is 12.0. The predicted octanol–water partition coefficient (Wildman–Crippen LogP) is 4.76. The number of para-hydroxylation sites is 1. The third-order valence-corrected chi connectivity index (χ3v) is 4.90. The van der Waals surface area contributed by atoms with Crippen LogP contribution < -0.4 is 15.4 Å². The second kappa shape index (κ2) is 8.19. The summed E-state index contributed by atoms with van der Waals surface area (Å²) in [6.45, 7) is 8.24. The third-order valence-electron chi connectivity index (χ3n) is 4.68. The number of nitrogens with one attached hydrogen (secondary N) is 2. The molecular weight excluding hydrogens is 372 g/mol. The molecule has 5 nitrogen and oxygen atoms in total. The smallest absolute Gasteiger partial charge is 0.338 e. The van der Waals surface area contributed by atoms with Gasteiger partial charge in [-0.2, -0.15) is 0 Å². The lowest BCUT2D eigenvalue weighted by Gasteiger charge is -2.38. The zero-order valence-corrected chi connectivity index (χ0v) is 17.5. The first-order chi connectivity index (χ1) is 13.3. The van der Waals surface area contributed by atoms with E-state index in [-0.39, 0.29) is 17.6 Å². The number of fused-ring (bicyclic) bond motifs is 1. The van der Waals surface area contributed by atoms with Gasteiger partial charge in [-0.1, -0.05) is 24.3 Å². The van der Waals surface area contributed by atoms with Crippen molar-refractivity contribution >= 4 is 29.0 Å². The molecule has 3 rings (SSSR count). The van der Waals surface area contributed by atoms with Crippen molar-refractivity contribution in [2.45, 2.75) is 45.8 Å². The number of anilines is 1. The first kappa shape index (κ1) is 20.1. The van der Waals surface area contributed by atoms with Crippen LogP contribution in [0, 0.1) is 6.92 Å². The molecule has 0 saturated carbocycles. The predicted molar refractivity (Wildman–Crippen MR) is 115 cm³/mol. The Kier molecular flexibility index (Phi) is 5.89. The Hall–Kier alpha value is -2.60. The van der Waals surface area contributed by atoms with Crippen LogP contribution in [0.3, 0.4) is 0 Å². The molecule has 0 amide bonds. The van der Waals surface area contributed by atoms with E-state index in [0.29, 0.717) is 17.3 Å². The fourth-order valence-corrected chi connectivity index (χ4v) is 3.60. The Morgan fingerprint density at radius 2 is 2.04 bits per heavy atom. The summed E-state index contributed by atoms with van der Waals surface area (Å²) in [5, 5.41) is 7.13. The topological polar surface area (TPSA) is 59.6 Å². The average molecular weight is 399 g/mol. The summed E-state index contributed by atoms with van der Waals surface area (Å²) in [5.74, 6) is 0.532. The van der Waals surface area contributed by atoms with E-state index >= 15 is 0 Å². The van der Waals surface area contributed by atoms with E-state index in [1.165, 1.54) is 0 Å². The van der Waals surface area contributed by atoms with E-state index in [1.807, 2.05) is 31.2 Å². The molecule has 148 valence electrons. The monoisotopic (exact) mass is 398 g/mol. The van der Waals surface area contributed by atoms with Gasteiger partial charge < -0.3 is 20.1 Å². The maximum absolute atomic E-state index is 12.0. The highest BCUT2D eigenvalue weighted by Crippen LogP contribution is 2.39. The zero-order chi connectivity index (χ0) is 20.3. The summed E-state index contributed by atoms with van der Waals surface area (Å²) < 4.78 is 11.2. The van der Waals surface area contributed by atoms with Crippen LogP contribution in [0.15, 0.2) is 42.5 Å². The minimum absolute atomic E-state index is 0.0356. The van der Waals surface area contributed by atoms with Crippen LogP contribution in [0.4, 0.5) is 5.69 Å². The van der Waals surface area contributed by atoms with Crippen LogP contribution in [-0.2, 0) is 4.74 Å². The van der Waals surface area contributed by atoms with E-state index in [4.69, 9.17) is 21.7 Å². The summed E-state index contributed by atoms with van der Waals surface area (Å²) >= 11 is 5.56. The molecule has 2 N–H and O–H groups in total. The highest BCUT2D eigenvalue weighted by atomic mass is 32.1. The Balaban J connectivity index is 1.76. The largest absolute Gasteiger partial charge is 0.487 e. The van der Waals surface area contributed by atoms with Crippen molar-refractivity contribution in [3.8, 4) is 5.75 Å². The minimum atomic E-state index is -0.343. The summed E-state index contributed by atoms with van der Waals surface area (Å²) in [5.41, 5.74) is 3.06. The molecule has 6 heteroatoms. The molecule has 2 aromatic rings. The van der Waals surface area contributed by atoms with Gasteiger partial charge in [-0.05, 0) is 63.7 Å². The molecule has 1 aliphatic heterocycles. The molecule has 28 heavy (non-hydrogen) atoms. The Morgan fingerprint density at radius 1 is 1.29 bits per heavy atom. The molecule has 0 bridgehead atoms. The highest BCUT2D eigenvalue weighted by Gasteiger charge is 2.33. The van der Waals surface area contributed by atoms with Crippen molar-refractivity contribution in [1.29, 1.82) is 0 Å². The first-order valence-electron chi connectivity index (χ1n) is 9.42. The van der Waals surface area contributed by atoms with Gasteiger partial charge in [0.15, 0.2) is 5.11 Å². The fourth-order valence-electron chi connectivity index (χ4n) is 3.35. The second-order valence-corrected chi connectivity index (χ2v) is 7.91. The van der Waals surface area contributed by atoms with Gasteiger partial charge in [0.05, 0.1) is 18.2 Å². The van der Waals surface area contributed by atoms with Crippen molar-refractivity contribution in [3.63, 3.8) is 0 Å². The van der Waals surface area contributed by atoms with Crippen LogP contribution >= 0.6 is 12.2 Å². The lowest BCUT2D eigenvalue weighted by Crippen LogP contribution is -2.42. The van der Waals surface area contributed by atoms with Gasteiger partial charge >= 0.3 is 5.97 Å². The van der Waals surface area contributed by atoms with Gasteiger partial charge in [0.2, 0.25) is 0 Å². The Morgan fingerprint density at radius 3 is 2.79 bits per heavy atom. The summed E-state index contributed by atoms with van der Waals surface area (Å²) in [7, 11) is 0. The number of thiocarbonyl (C=S) groups is 1. The lowest BCUT2D eigenvalue weighted by molar-refractivity contribution is 0.0526. The number of aryl methyl sites for hydroxylation is 1. The molecule has 1 atom stereocenters. The van der Waals surface area contributed by atoms with E-state index in [2.05, 4.69) is 30.5 Å². The van der Waals surface area contributed by atoms with Crippen LogP contribution in [0.2, 0.25) is 0 Å². The number of esters is 1. The number of carbonyl (C=O) groups is 1. The molecule has 0 fully saturated rings. The number of rotatable bonds is 4. The van der Waals surface area contributed by atoms with Gasteiger partial charge in [0, 0.05) is 17.7 Å². The van der Waals surface area contributed by atoms with Crippen molar-refractivity contribution < 1.29 is 14.3 Å². The van der Waals surface area contributed by atoms with Gasteiger partial charge in [-0.15, -0.1) is 0 Å². The number of hydrogen-bond donors (Lipinski definition) is 2. The number of carbonyl (C=O) groups excluding carboxylic acids is 1. The average Bonchev–Trinajstić information content (AvgIpc) is 2.62. The molecule has 0 aromatic heterocycles. The zero-order valence-electron chi connectivity index (χ0n) is 16.7. The molecule has 0 unspecified atom stereocenters. The molecular formula is C22H26N2O3S. The van der Waals surface area contributed by atoms with Crippen molar-refractivity contribution in [2.75, 3.05) is 11.9 Å². The van der Waals surface area contributed by atoms with Gasteiger partial charge in [-0.3, -0.25) is 0 Å². The maximum Gasteiger partial charge on any atom is 0.338 e. The summed E-state index contributed by atoms with van der Waals surface area (Å²) in [6, 6.07) is 13.4. The Bertz CT molecular complexity index is 895. The Labute approximate surface area is 171 Å². The van der Waals surface area contributed by atoms with Gasteiger partial charge in [-0.25, -0.2) is 4.79 Å². The highest BCUT2D eigenvalue weighted by molar-refractivity contribution is 7.80. The summed E-state index contributed by atoms with van der Waals surface area (Å²) in [6.07, 6.45) is 0.785. The van der Waals surface area contributed by atoms with E-state index in [0.717, 1.165) is 29.0 Å². The quantitative estimate of drug-likeness (QED) is 0.572. The normalized spacial score (nSPS) is 17.1. The molecule has 1 heterocycles. The maximum atomic E-state index is 12.0.